The van der Waals surface area contributed by atoms with Crippen molar-refractivity contribution >= 4 is 28.5 Å². The van der Waals surface area contributed by atoms with Gasteiger partial charge in [-0.1, -0.05) is 18.6 Å². The van der Waals surface area contributed by atoms with Gasteiger partial charge >= 0.3 is 12.4 Å². The molecule has 3 N–H and O–H groups in total. The molecule has 1 aromatic heterocycles. The van der Waals surface area contributed by atoms with Gasteiger partial charge in [-0.25, -0.2) is 13.8 Å². The molecule has 0 spiro atoms. The summed E-state index contributed by atoms with van der Waals surface area (Å²) in [5, 5.41) is 4.69. The Balaban J connectivity index is 1.30. The van der Waals surface area contributed by atoms with Gasteiger partial charge < -0.3 is 15.6 Å². The zero-order valence-corrected chi connectivity index (χ0v) is 22.0. The molecule has 226 valence electrons. The van der Waals surface area contributed by atoms with E-state index in [-0.39, 0.29) is 41.9 Å². The largest absolute Gasteiger partial charge is 0.416 e. The van der Waals surface area contributed by atoms with Gasteiger partial charge in [0.1, 0.15) is 11.2 Å². The first-order chi connectivity index (χ1) is 20.2. The van der Waals surface area contributed by atoms with Gasteiger partial charge in [0.25, 0.3) is 12.3 Å². The van der Waals surface area contributed by atoms with Gasteiger partial charge in [-0.05, 0) is 66.9 Å². The van der Waals surface area contributed by atoms with E-state index in [1.807, 2.05) is 0 Å². The van der Waals surface area contributed by atoms with Crippen molar-refractivity contribution in [3.63, 3.8) is 0 Å². The highest BCUT2D eigenvalue weighted by Crippen LogP contribution is 2.53. The number of carbonyl (C=O) groups is 2. The molecule has 1 aliphatic carbocycles. The Labute approximate surface area is 238 Å². The van der Waals surface area contributed by atoms with E-state index in [1.165, 1.54) is 36.4 Å². The third-order valence-corrected chi connectivity index (χ3v) is 7.46. The van der Waals surface area contributed by atoms with Crippen molar-refractivity contribution in [2.45, 2.75) is 44.6 Å². The Morgan fingerprint density at radius 3 is 2.21 bits per heavy atom. The third kappa shape index (κ3) is 5.90. The van der Waals surface area contributed by atoms with Gasteiger partial charge in [-0.15, -0.1) is 0 Å². The lowest BCUT2D eigenvalue weighted by Gasteiger charge is -2.41. The first-order valence-electron chi connectivity index (χ1n) is 12.9. The first kappa shape index (κ1) is 30.0. The second-order valence-electron chi connectivity index (χ2n) is 10.2. The van der Waals surface area contributed by atoms with Crippen LogP contribution >= 0.6 is 0 Å². The van der Waals surface area contributed by atoms with Crippen LogP contribution in [-0.4, -0.2) is 28.0 Å². The minimum absolute atomic E-state index is 0.147. The minimum atomic E-state index is -4.73. The lowest BCUT2D eigenvalue weighted by Crippen LogP contribution is -2.54. The number of fused-ring (bicyclic) bond motifs is 1. The van der Waals surface area contributed by atoms with E-state index in [4.69, 9.17) is 0 Å². The topological polar surface area (TPSA) is 86.9 Å². The highest BCUT2D eigenvalue weighted by atomic mass is 19.4. The molecule has 4 aromatic rings. The van der Waals surface area contributed by atoms with Crippen LogP contribution in [0.1, 0.15) is 52.7 Å². The number of imidazole rings is 1. The van der Waals surface area contributed by atoms with Crippen LogP contribution in [-0.2, 0) is 17.5 Å². The van der Waals surface area contributed by atoms with E-state index >= 15 is 0 Å². The molecule has 2 amide bonds. The molecule has 0 atom stereocenters. The van der Waals surface area contributed by atoms with Crippen molar-refractivity contribution in [2.75, 3.05) is 5.32 Å². The molecule has 0 saturated heterocycles. The van der Waals surface area contributed by atoms with E-state index in [0.29, 0.717) is 11.1 Å². The fourth-order valence-electron chi connectivity index (χ4n) is 4.85. The monoisotopic (exact) mass is 610 g/mol. The predicted molar refractivity (Wildman–Crippen MR) is 140 cm³/mol. The second-order valence-corrected chi connectivity index (χ2v) is 10.2. The average Bonchev–Trinajstić information content (AvgIpc) is 3.33. The predicted octanol–water partition coefficient (Wildman–Crippen LogP) is 7.79. The van der Waals surface area contributed by atoms with Gasteiger partial charge in [0.15, 0.2) is 0 Å². The van der Waals surface area contributed by atoms with Crippen LogP contribution in [0.4, 0.5) is 40.8 Å². The Hall–Kier alpha value is -4.49. The number of aromatic nitrogens is 2. The van der Waals surface area contributed by atoms with Crippen LogP contribution in [0.5, 0.6) is 0 Å². The number of benzene rings is 3. The number of nitrogens with one attached hydrogen (secondary N) is 3. The molecule has 43 heavy (non-hydrogen) atoms. The highest BCUT2D eigenvalue weighted by molar-refractivity contribution is 6.05. The Kier molecular flexibility index (Phi) is 7.65. The molecule has 14 heteroatoms. The normalized spacial score (nSPS) is 14.9. The lowest BCUT2D eigenvalue weighted by molar-refractivity contribution is -0.243. The number of nitrogens with zero attached hydrogens (tertiary/aromatic N) is 1. The lowest BCUT2D eigenvalue weighted by atomic mass is 9.67. The van der Waals surface area contributed by atoms with Crippen LogP contribution in [0, 0.1) is 5.41 Å². The average molecular weight is 611 g/mol. The zero-order valence-electron chi connectivity index (χ0n) is 22.0. The summed E-state index contributed by atoms with van der Waals surface area (Å²) in [6, 6.07) is 12.2. The molecule has 5 rings (SSSR count). The Morgan fingerprint density at radius 1 is 0.930 bits per heavy atom. The third-order valence-electron chi connectivity index (χ3n) is 7.46. The molecule has 1 saturated carbocycles. The van der Waals surface area contributed by atoms with E-state index in [0.717, 1.165) is 24.3 Å². The molecule has 3 aromatic carbocycles. The number of carbonyl (C=O) groups excluding carboxylic acids is 2. The van der Waals surface area contributed by atoms with E-state index in [1.54, 1.807) is 0 Å². The van der Waals surface area contributed by atoms with Crippen molar-refractivity contribution in [3.05, 3.63) is 82.9 Å². The second kappa shape index (κ2) is 11.0. The molecule has 0 bridgehead atoms. The summed E-state index contributed by atoms with van der Waals surface area (Å²) < 4.78 is 107. The number of alkyl halides is 8. The van der Waals surface area contributed by atoms with Crippen LogP contribution in [0.15, 0.2) is 60.7 Å². The number of hydrogen-bond acceptors (Lipinski definition) is 3. The van der Waals surface area contributed by atoms with E-state index in [2.05, 4.69) is 20.6 Å². The number of hydrogen-bond donors (Lipinski definition) is 3. The van der Waals surface area contributed by atoms with Crippen molar-refractivity contribution in [1.29, 1.82) is 0 Å². The van der Waals surface area contributed by atoms with Crippen LogP contribution in [0.2, 0.25) is 0 Å². The number of aromatic amines is 1. The molecule has 0 unspecified atom stereocenters. The van der Waals surface area contributed by atoms with Crippen molar-refractivity contribution in [1.82, 2.24) is 15.3 Å². The minimum Gasteiger partial charge on any atom is -0.351 e. The number of halogens is 8. The van der Waals surface area contributed by atoms with Crippen LogP contribution < -0.4 is 10.6 Å². The fraction of sp³-hybridized carbons (Fsp3) is 0.276. The maximum atomic E-state index is 13.7. The fourth-order valence-corrected chi connectivity index (χ4v) is 4.85. The van der Waals surface area contributed by atoms with Crippen LogP contribution in [0.25, 0.3) is 22.4 Å². The van der Waals surface area contributed by atoms with Gasteiger partial charge in [0.2, 0.25) is 5.91 Å². The maximum absolute atomic E-state index is 13.7. The Morgan fingerprint density at radius 2 is 1.63 bits per heavy atom. The summed E-state index contributed by atoms with van der Waals surface area (Å²) in [5.41, 5.74) is -3.09. The van der Waals surface area contributed by atoms with Crippen molar-refractivity contribution in [2.24, 2.45) is 5.41 Å². The molecule has 1 heterocycles. The van der Waals surface area contributed by atoms with Gasteiger partial charge in [-0.2, -0.15) is 26.3 Å². The van der Waals surface area contributed by atoms with Crippen molar-refractivity contribution < 1.29 is 44.7 Å². The van der Waals surface area contributed by atoms with Gasteiger partial charge in [0.05, 0.1) is 16.6 Å². The summed E-state index contributed by atoms with van der Waals surface area (Å²) in [4.78, 5) is 32.4. The number of amides is 2. The maximum Gasteiger partial charge on any atom is 0.416 e. The number of anilines is 1. The number of rotatable bonds is 7. The molecular formula is C29H22F8N4O2. The zero-order chi connectivity index (χ0) is 31.2. The summed E-state index contributed by atoms with van der Waals surface area (Å²) in [6.45, 7) is -0.406. The standard InChI is InChI=1S/C29H22F8N4O2/c30-23(31)19-8-2-15(14-38-26(43)27(10-1-11-27)29(35,36)37)12-20(19)25(42)39-18-6-3-16(4-7-18)24-40-21-9-5-17(28(32,33)34)13-22(21)41-24/h2-9,12-13,23H,1,10-11,14H2,(H,38,43)(H,39,42)(H,40,41). The summed E-state index contributed by atoms with van der Waals surface area (Å²) in [6.07, 6.45) is -12.7. The number of H-pyrrole nitrogens is 1. The summed E-state index contributed by atoms with van der Waals surface area (Å²) >= 11 is 0. The molecule has 1 fully saturated rings. The quantitative estimate of drug-likeness (QED) is 0.187. The highest BCUT2D eigenvalue weighted by Gasteiger charge is 2.63. The summed E-state index contributed by atoms with van der Waals surface area (Å²) in [7, 11) is 0. The summed E-state index contributed by atoms with van der Waals surface area (Å²) in [5.74, 6) is -1.87. The molecule has 0 radical (unpaired) electrons. The first-order valence-corrected chi connectivity index (χ1v) is 12.9. The van der Waals surface area contributed by atoms with Crippen LogP contribution in [0.3, 0.4) is 0 Å². The SMILES string of the molecule is O=C(Nc1ccc(-c2nc3ccc(C(F)(F)F)cc3[nH]2)cc1)c1cc(CNC(=O)C2(C(F)(F)F)CCC2)ccc1C(F)F. The van der Waals surface area contributed by atoms with Gasteiger partial charge in [-0.3, -0.25) is 9.59 Å². The van der Waals surface area contributed by atoms with E-state index < -0.39 is 59.2 Å². The smallest absolute Gasteiger partial charge is 0.351 e. The van der Waals surface area contributed by atoms with Gasteiger partial charge in [0, 0.05) is 28.9 Å². The Bertz CT molecular complexity index is 1670. The van der Waals surface area contributed by atoms with E-state index in [9.17, 15) is 44.7 Å². The molecule has 1 aliphatic rings. The van der Waals surface area contributed by atoms with Crippen molar-refractivity contribution in [3.8, 4) is 11.4 Å². The molecular weight excluding hydrogens is 588 g/mol. The molecule has 6 nitrogen and oxygen atoms in total. The molecule has 0 aliphatic heterocycles.